The molecule has 92 valence electrons. The summed E-state index contributed by atoms with van der Waals surface area (Å²) in [6.07, 6.45) is 0. The Kier molecular flexibility index (Phi) is 6.56. The van der Waals surface area contributed by atoms with Gasteiger partial charge in [-0.15, -0.1) is 11.3 Å². The number of methoxy groups -OCH3 is 1. The Morgan fingerprint density at radius 1 is 1.25 bits per heavy atom. The van der Waals surface area contributed by atoms with E-state index in [0.717, 1.165) is 23.8 Å². The molecule has 1 rings (SSSR count). The SMILES string of the molecule is COCCOCCNCc1nc(C)c(C)s1. The molecule has 0 unspecified atom stereocenters. The highest BCUT2D eigenvalue weighted by Crippen LogP contribution is 2.15. The van der Waals surface area contributed by atoms with Gasteiger partial charge < -0.3 is 14.8 Å². The second-order valence-electron chi connectivity index (χ2n) is 3.53. The largest absolute Gasteiger partial charge is 0.382 e. The predicted octanol–water partition coefficient (Wildman–Crippen LogP) is 1.51. The van der Waals surface area contributed by atoms with Gasteiger partial charge >= 0.3 is 0 Å². The fourth-order valence-electron chi connectivity index (χ4n) is 1.20. The number of nitrogens with one attached hydrogen (secondary N) is 1. The molecule has 0 aliphatic carbocycles. The van der Waals surface area contributed by atoms with Crippen LogP contribution in [0.2, 0.25) is 0 Å². The zero-order chi connectivity index (χ0) is 11.8. The number of ether oxygens (including phenoxy) is 2. The Labute approximate surface area is 101 Å². The van der Waals surface area contributed by atoms with Crippen LogP contribution in [0.4, 0.5) is 0 Å². The van der Waals surface area contributed by atoms with Crippen LogP contribution in [-0.2, 0) is 16.0 Å². The fourth-order valence-corrected chi connectivity index (χ4v) is 2.10. The third kappa shape index (κ3) is 5.03. The van der Waals surface area contributed by atoms with E-state index in [1.54, 1.807) is 18.4 Å². The second kappa shape index (κ2) is 7.73. The van der Waals surface area contributed by atoms with Crippen molar-refractivity contribution in [1.82, 2.24) is 10.3 Å². The van der Waals surface area contributed by atoms with Crippen LogP contribution in [0.3, 0.4) is 0 Å². The van der Waals surface area contributed by atoms with Crippen molar-refractivity contribution in [2.24, 2.45) is 0 Å². The van der Waals surface area contributed by atoms with E-state index < -0.39 is 0 Å². The third-order valence-electron chi connectivity index (χ3n) is 2.20. The molecule has 0 fully saturated rings. The van der Waals surface area contributed by atoms with Crippen LogP contribution in [0.25, 0.3) is 0 Å². The summed E-state index contributed by atoms with van der Waals surface area (Å²) < 4.78 is 10.2. The molecule has 0 radical (unpaired) electrons. The van der Waals surface area contributed by atoms with Crippen molar-refractivity contribution in [1.29, 1.82) is 0 Å². The maximum atomic E-state index is 5.34. The van der Waals surface area contributed by atoms with Crippen molar-refractivity contribution in [3.05, 3.63) is 15.6 Å². The molecule has 0 aliphatic heterocycles. The van der Waals surface area contributed by atoms with Crippen LogP contribution in [0, 0.1) is 13.8 Å². The van der Waals surface area contributed by atoms with Crippen LogP contribution in [-0.4, -0.2) is 38.5 Å². The maximum absolute atomic E-state index is 5.34. The smallest absolute Gasteiger partial charge is 0.107 e. The Bertz CT molecular complexity index is 283. The quantitative estimate of drug-likeness (QED) is 0.704. The van der Waals surface area contributed by atoms with Gasteiger partial charge in [-0.05, 0) is 13.8 Å². The van der Waals surface area contributed by atoms with Gasteiger partial charge in [-0.25, -0.2) is 4.98 Å². The third-order valence-corrected chi connectivity index (χ3v) is 3.28. The summed E-state index contributed by atoms with van der Waals surface area (Å²) in [6, 6.07) is 0. The van der Waals surface area contributed by atoms with Crippen LogP contribution >= 0.6 is 11.3 Å². The molecule has 0 atom stereocenters. The van der Waals surface area contributed by atoms with Crippen LogP contribution in [0.5, 0.6) is 0 Å². The van der Waals surface area contributed by atoms with Crippen LogP contribution in [0.1, 0.15) is 15.6 Å². The number of thiazole rings is 1. The summed E-state index contributed by atoms with van der Waals surface area (Å²) >= 11 is 1.75. The van der Waals surface area contributed by atoms with E-state index in [4.69, 9.17) is 9.47 Å². The lowest BCUT2D eigenvalue weighted by Gasteiger charge is -2.04. The minimum Gasteiger partial charge on any atom is -0.382 e. The molecule has 0 aliphatic rings. The topological polar surface area (TPSA) is 43.4 Å². The predicted molar refractivity (Wildman–Crippen MR) is 66.0 cm³/mol. The highest BCUT2D eigenvalue weighted by molar-refractivity contribution is 7.11. The van der Waals surface area contributed by atoms with E-state index in [0.29, 0.717) is 19.8 Å². The summed E-state index contributed by atoms with van der Waals surface area (Å²) in [5.74, 6) is 0. The first-order valence-corrected chi connectivity index (χ1v) is 6.26. The van der Waals surface area contributed by atoms with Crippen molar-refractivity contribution >= 4 is 11.3 Å². The number of hydrogen-bond donors (Lipinski definition) is 1. The monoisotopic (exact) mass is 244 g/mol. The molecule has 0 spiro atoms. The molecule has 1 aromatic rings. The molecule has 0 saturated carbocycles. The number of nitrogens with zero attached hydrogens (tertiary/aromatic N) is 1. The highest BCUT2D eigenvalue weighted by Gasteiger charge is 2.02. The molecular weight excluding hydrogens is 224 g/mol. The lowest BCUT2D eigenvalue weighted by molar-refractivity contribution is 0.0719. The van der Waals surface area contributed by atoms with Crippen molar-refractivity contribution in [2.45, 2.75) is 20.4 Å². The fraction of sp³-hybridized carbons (Fsp3) is 0.727. The van der Waals surface area contributed by atoms with E-state index in [9.17, 15) is 0 Å². The van der Waals surface area contributed by atoms with E-state index in [1.165, 1.54) is 4.88 Å². The van der Waals surface area contributed by atoms with E-state index >= 15 is 0 Å². The Morgan fingerprint density at radius 3 is 2.69 bits per heavy atom. The molecule has 1 N–H and O–H groups in total. The van der Waals surface area contributed by atoms with Crippen LogP contribution < -0.4 is 5.32 Å². The van der Waals surface area contributed by atoms with Gasteiger partial charge in [0.2, 0.25) is 0 Å². The van der Waals surface area contributed by atoms with E-state index in [1.807, 2.05) is 6.92 Å². The van der Waals surface area contributed by atoms with Gasteiger partial charge in [0.05, 0.1) is 25.5 Å². The average Bonchev–Trinajstić information content (AvgIpc) is 2.57. The van der Waals surface area contributed by atoms with Crippen molar-refractivity contribution in [2.75, 3.05) is 33.5 Å². The molecule has 5 heteroatoms. The minimum atomic E-state index is 0.658. The molecule has 0 amide bonds. The first-order valence-electron chi connectivity index (χ1n) is 5.44. The summed E-state index contributed by atoms with van der Waals surface area (Å²) in [6.45, 7) is 7.85. The maximum Gasteiger partial charge on any atom is 0.107 e. The lowest BCUT2D eigenvalue weighted by Crippen LogP contribution is -2.20. The number of aryl methyl sites for hydroxylation is 2. The Morgan fingerprint density at radius 2 is 2.06 bits per heavy atom. The zero-order valence-electron chi connectivity index (χ0n) is 10.2. The van der Waals surface area contributed by atoms with Gasteiger partial charge in [0.25, 0.3) is 0 Å². The molecule has 4 nitrogen and oxygen atoms in total. The van der Waals surface area contributed by atoms with Gasteiger partial charge in [0.1, 0.15) is 5.01 Å². The second-order valence-corrected chi connectivity index (χ2v) is 4.82. The number of rotatable bonds is 8. The standard InChI is InChI=1S/C11H20N2O2S/c1-9-10(2)16-11(13-9)8-12-4-5-15-7-6-14-3/h12H,4-8H2,1-3H3. The van der Waals surface area contributed by atoms with Crippen LogP contribution in [0.15, 0.2) is 0 Å². The van der Waals surface area contributed by atoms with Crippen molar-refractivity contribution in [3.63, 3.8) is 0 Å². The molecule has 1 aromatic heterocycles. The molecular formula is C11H20N2O2S. The van der Waals surface area contributed by atoms with Gasteiger partial charge in [-0.2, -0.15) is 0 Å². The normalized spacial score (nSPS) is 10.9. The summed E-state index contributed by atoms with van der Waals surface area (Å²) in [4.78, 5) is 5.75. The van der Waals surface area contributed by atoms with Gasteiger partial charge in [-0.3, -0.25) is 0 Å². The summed E-state index contributed by atoms with van der Waals surface area (Å²) in [5.41, 5.74) is 1.14. The van der Waals surface area contributed by atoms with Gasteiger partial charge in [0, 0.05) is 25.1 Å². The first-order chi connectivity index (χ1) is 7.74. The number of hydrogen-bond acceptors (Lipinski definition) is 5. The minimum absolute atomic E-state index is 0.658. The zero-order valence-corrected chi connectivity index (χ0v) is 11.0. The van der Waals surface area contributed by atoms with Crippen molar-refractivity contribution in [3.8, 4) is 0 Å². The van der Waals surface area contributed by atoms with E-state index in [-0.39, 0.29) is 0 Å². The Balaban J connectivity index is 2.03. The molecule has 0 aromatic carbocycles. The average molecular weight is 244 g/mol. The van der Waals surface area contributed by atoms with Gasteiger partial charge in [-0.1, -0.05) is 0 Å². The van der Waals surface area contributed by atoms with Crippen molar-refractivity contribution < 1.29 is 9.47 Å². The lowest BCUT2D eigenvalue weighted by atomic mass is 10.4. The highest BCUT2D eigenvalue weighted by atomic mass is 32.1. The van der Waals surface area contributed by atoms with Gasteiger partial charge in [0.15, 0.2) is 0 Å². The summed E-state index contributed by atoms with van der Waals surface area (Å²) in [5, 5.41) is 4.45. The molecule has 0 bridgehead atoms. The molecule has 1 heterocycles. The Hall–Kier alpha value is -0.490. The van der Waals surface area contributed by atoms with E-state index in [2.05, 4.69) is 17.2 Å². The molecule has 16 heavy (non-hydrogen) atoms. The first kappa shape index (κ1) is 13.6. The number of aromatic nitrogens is 1. The summed E-state index contributed by atoms with van der Waals surface area (Å²) in [7, 11) is 1.68. The molecule has 0 saturated heterocycles.